The Hall–Kier alpha value is -4.06. The summed E-state index contributed by atoms with van der Waals surface area (Å²) in [5, 5.41) is 0. The molecule has 6 heteroatoms. The standard InChI is InChI=1S/C27H25NO5/c1-31-21-16-14-20(15-17-21)28-24(18-10-6-4-7-11-18)22(26(29)32-2)23(27(30)33-3)25(28)19-12-8-5-9-13-19/h4-17,24-25H,1-3H3. The molecule has 2 atom stereocenters. The zero-order chi connectivity index (χ0) is 23.4. The Kier molecular flexibility index (Phi) is 6.45. The summed E-state index contributed by atoms with van der Waals surface area (Å²) < 4.78 is 15.7. The third-order valence-corrected chi connectivity index (χ3v) is 5.81. The molecule has 1 aliphatic heterocycles. The van der Waals surface area contributed by atoms with Crippen LogP contribution in [-0.2, 0) is 19.1 Å². The number of esters is 2. The van der Waals surface area contributed by atoms with E-state index >= 15 is 0 Å². The van der Waals surface area contributed by atoms with Crippen molar-refractivity contribution < 1.29 is 23.8 Å². The van der Waals surface area contributed by atoms with Crippen molar-refractivity contribution in [2.45, 2.75) is 12.1 Å². The van der Waals surface area contributed by atoms with Gasteiger partial charge in [0.2, 0.25) is 0 Å². The lowest BCUT2D eigenvalue weighted by atomic mass is 9.95. The Morgan fingerprint density at radius 3 is 1.42 bits per heavy atom. The number of hydrogen-bond acceptors (Lipinski definition) is 6. The minimum atomic E-state index is -0.568. The summed E-state index contributed by atoms with van der Waals surface area (Å²) in [7, 11) is 4.25. The molecule has 0 N–H and O–H groups in total. The number of carbonyl (C=O) groups excluding carboxylic acids is 2. The molecule has 168 valence electrons. The third kappa shape index (κ3) is 4.07. The van der Waals surface area contributed by atoms with Crippen LogP contribution in [0.15, 0.2) is 96.1 Å². The van der Waals surface area contributed by atoms with Crippen LogP contribution in [0.2, 0.25) is 0 Å². The molecule has 3 aromatic rings. The SMILES string of the molecule is COC(=O)C1=C(C(=O)OC)C(c2ccccc2)N(c2ccc(OC)cc2)C1c1ccccc1. The van der Waals surface area contributed by atoms with Gasteiger partial charge in [-0.25, -0.2) is 9.59 Å². The summed E-state index contributed by atoms with van der Waals surface area (Å²) in [6, 6.07) is 25.6. The second kappa shape index (κ2) is 9.61. The topological polar surface area (TPSA) is 65.1 Å². The highest BCUT2D eigenvalue weighted by Crippen LogP contribution is 2.51. The first-order chi connectivity index (χ1) is 16.1. The molecule has 33 heavy (non-hydrogen) atoms. The van der Waals surface area contributed by atoms with Crippen molar-refractivity contribution in [3.63, 3.8) is 0 Å². The number of ether oxygens (including phenoxy) is 3. The first kappa shape index (κ1) is 22.1. The van der Waals surface area contributed by atoms with Crippen LogP contribution in [0.25, 0.3) is 0 Å². The van der Waals surface area contributed by atoms with Crippen molar-refractivity contribution in [3.05, 3.63) is 107 Å². The number of carbonyl (C=O) groups is 2. The van der Waals surface area contributed by atoms with E-state index in [0.717, 1.165) is 16.8 Å². The summed E-state index contributed by atoms with van der Waals surface area (Å²) in [6.07, 6.45) is 0. The number of hydrogen-bond donors (Lipinski definition) is 0. The fourth-order valence-corrected chi connectivity index (χ4v) is 4.36. The summed E-state index contributed by atoms with van der Waals surface area (Å²) in [5.41, 5.74) is 3.06. The summed E-state index contributed by atoms with van der Waals surface area (Å²) in [6.45, 7) is 0. The average Bonchev–Trinajstić information content (AvgIpc) is 3.25. The molecular weight excluding hydrogens is 418 g/mol. The van der Waals surface area contributed by atoms with Gasteiger partial charge in [-0.05, 0) is 35.4 Å². The molecule has 0 spiro atoms. The van der Waals surface area contributed by atoms with E-state index in [1.54, 1.807) is 7.11 Å². The minimum Gasteiger partial charge on any atom is -0.497 e. The molecule has 0 saturated carbocycles. The molecule has 0 aliphatic carbocycles. The molecular formula is C27H25NO5. The lowest BCUT2D eigenvalue weighted by Gasteiger charge is -2.34. The second-order valence-corrected chi connectivity index (χ2v) is 7.54. The Morgan fingerprint density at radius 1 is 0.636 bits per heavy atom. The third-order valence-electron chi connectivity index (χ3n) is 5.81. The summed E-state index contributed by atoms with van der Waals surface area (Å²) in [5.74, 6) is -0.429. The number of methoxy groups -OCH3 is 3. The zero-order valence-corrected chi connectivity index (χ0v) is 18.7. The molecule has 0 radical (unpaired) electrons. The molecule has 3 aromatic carbocycles. The van der Waals surface area contributed by atoms with E-state index in [4.69, 9.17) is 14.2 Å². The smallest absolute Gasteiger partial charge is 0.336 e. The van der Waals surface area contributed by atoms with E-state index in [1.807, 2.05) is 84.9 Å². The molecule has 2 unspecified atom stereocenters. The van der Waals surface area contributed by atoms with Crippen molar-refractivity contribution >= 4 is 17.6 Å². The van der Waals surface area contributed by atoms with Crippen molar-refractivity contribution in [1.82, 2.24) is 0 Å². The number of benzene rings is 3. The van der Waals surface area contributed by atoms with Gasteiger partial charge < -0.3 is 19.1 Å². The van der Waals surface area contributed by atoms with E-state index in [1.165, 1.54) is 14.2 Å². The molecule has 1 aliphatic rings. The van der Waals surface area contributed by atoms with E-state index in [9.17, 15) is 9.59 Å². The Morgan fingerprint density at radius 2 is 1.06 bits per heavy atom. The van der Waals surface area contributed by atoms with Crippen molar-refractivity contribution in [2.75, 3.05) is 26.2 Å². The number of rotatable bonds is 6. The quantitative estimate of drug-likeness (QED) is 0.517. The van der Waals surface area contributed by atoms with Gasteiger partial charge in [0.1, 0.15) is 5.75 Å². The summed E-state index contributed by atoms with van der Waals surface area (Å²) >= 11 is 0. The van der Waals surface area contributed by atoms with Crippen molar-refractivity contribution in [3.8, 4) is 5.75 Å². The predicted octanol–water partition coefficient (Wildman–Crippen LogP) is 4.64. The summed E-state index contributed by atoms with van der Waals surface area (Å²) in [4.78, 5) is 28.4. The van der Waals surface area contributed by atoms with Crippen LogP contribution in [-0.4, -0.2) is 33.3 Å². The lowest BCUT2D eigenvalue weighted by molar-refractivity contribution is -0.139. The van der Waals surface area contributed by atoms with Gasteiger partial charge in [0, 0.05) is 5.69 Å². The zero-order valence-electron chi connectivity index (χ0n) is 18.7. The van der Waals surface area contributed by atoms with Crippen LogP contribution in [0, 0.1) is 0 Å². The van der Waals surface area contributed by atoms with E-state index < -0.39 is 24.0 Å². The van der Waals surface area contributed by atoms with Crippen LogP contribution >= 0.6 is 0 Å². The largest absolute Gasteiger partial charge is 0.497 e. The monoisotopic (exact) mass is 443 g/mol. The van der Waals surface area contributed by atoms with E-state index in [0.29, 0.717) is 5.75 Å². The molecule has 0 amide bonds. The highest BCUT2D eigenvalue weighted by molar-refractivity contribution is 6.05. The molecule has 0 bridgehead atoms. The van der Waals surface area contributed by atoms with Gasteiger partial charge in [-0.1, -0.05) is 60.7 Å². The highest BCUT2D eigenvalue weighted by atomic mass is 16.5. The molecule has 0 aromatic heterocycles. The Labute approximate surface area is 193 Å². The predicted molar refractivity (Wildman–Crippen MR) is 125 cm³/mol. The molecule has 0 saturated heterocycles. The van der Waals surface area contributed by atoms with Gasteiger partial charge >= 0.3 is 11.9 Å². The van der Waals surface area contributed by atoms with Crippen LogP contribution < -0.4 is 9.64 Å². The normalized spacial score (nSPS) is 17.6. The van der Waals surface area contributed by atoms with Gasteiger partial charge in [-0.15, -0.1) is 0 Å². The molecule has 6 nitrogen and oxygen atoms in total. The Bertz CT molecular complexity index is 1090. The van der Waals surface area contributed by atoms with Crippen LogP contribution in [0.1, 0.15) is 23.2 Å². The Balaban J connectivity index is 2.03. The minimum absolute atomic E-state index is 0.264. The maximum atomic E-state index is 13.1. The molecule has 1 heterocycles. The van der Waals surface area contributed by atoms with Crippen LogP contribution in [0.3, 0.4) is 0 Å². The fraction of sp³-hybridized carbons (Fsp3) is 0.185. The van der Waals surface area contributed by atoms with Gasteiger partial charge in [0.05, 0.1) is 44.6 Å². The maximum absolute atomic E-state index is 13.1. The number of anilines is 1. The van der Waals surface area contributed by atoms with Crippen LogP contribution in [0.5, 0.6) is 5.75 Å². The second-order valence-electron chi connectivity index (χ2n) is 7.54. The lowest BCUT2D eigenvalue weighted by Crippen LogP contribution is -2.30. The van der Waals surface area contributed by atoms with Crippen molar-refractivity contribution in [1.29, 1.82) is 0 Å². The molecule has 4 rings (SSSR count). The van der Waals surface area contributed by atoms with Gasteiger partial charge in [0.25, 0.3) is 0 Å². The van der Waals surface area contributed by atoms with Gasteiger partial charge in [0.15, 0.2) is 0 Å². The van der Waals surface area contributed by atoms with Gasteiger partial charge in [-0.3, -0.25) is 0 Å². The van der Waals surface area contributed by atoms with Gasteiger partial charge in [-0.2, -0.15) is 0 Å². The van der Waals surface area contributed by atoms with Crippen LogP contribution in [0.4, 0.5) is 5.69 Å². The highest BCUT2D eigenvalue weighted by Gasteiger charge is 2.48. The fourth-order valence-electron chi connectivity index (χ4n) is 4.36. The average molecular weight is 443 g/mol. The molecule has 0 fully saturated rings. The van der Waals surface area contributed by atoms with Crippen molar-refractivity contribution in [2.24, 2.45) is 0 Å². The maximum Gasteiger partial charge on any atom is 0.336 e. The first-order valence-electron chi connectivity index (χ1n) is 10.5. The number of nitrogens with zero attached hydrogens (tertiary/aromatic N) is 1. The van der Waals surface area contributed by atoms with E-state index in [2.05, 4.69) is 4.90 Å². The van der Waals surface area contributed by atoms with E-state index in [-0.39, 0.29) is 11.1 Å². The first-order valence-corrected chi connectivity index (χ1v) is 10.5.